The Balaban J connectivity index is 1.36. The number of hydrogen-bond acceptors (Lipinski definition) is 7. The number of fused-ring (bicyclic) bond motifs is 4. The summed E-state index contributed by atoms with van der Waals surface area (Å²) in [5.41, 5.74) is 4.33. The molecule has 0 bridgehead atoms. The Hall–Kier alpha value is -3.10. The molecule has 8 heteroatoms. The second-order valence-corrected chi connectivity index (χ2v) is 10.4. The second-order valence-electron chi connectivity index (χ2n) is 10.4. The van der Waals surface area contributed by atoms with Gasteiger partial charge in [0.15, 0.2) is 0 Å². The number of rotatable bonds is 4. The third kappa shape index (κ3) is 4.04. The van der Waals surface area contributed by atoms with Crippen molar-refractivity contribution in [2.45, 2.75) is 71.2 Å². The number of hydrogen-bond donors (Lipinski definition) is 2. The molecule has 35 heavy (non-hydrogen) atoms. The van der Waals surface area contributed by atoms with Crippen LogP contribution in [0.5, 0.6) is 0 Å². The molecule has 0 aromatic carbocycles. The average molecular weight is 472 g/mol. The Bertz CT molecular complexity index is 1370. The van der Waals surface area contributed by atoms with Gasteiger partial charge in [0, 0.05) is 48.2 Å². The second kappa shape index (κ2) is 8.84. The maximum absolute atomic E-state index is 10.0. The average Bonchev–Trinajstić information content (AvgIpc) is 3.18. The zero-order chi connectivity index (χ0) is 24.1. The van der Waals surface area contributed by atoms with Crippen molar-refractivity contribution >= 4 is 33.7 Å². The summed E-state index contributed by atoms with van der Waals surface area (Å²) in [6.07, 6.45) is 10.1. The molecule has 0 amide bonds. The first-order valence-corrected chi connectivity index (χ1v) is 12.8. The minimum Gasteiger partial charge on any atom is -0.379 e. The van der Waals surface area contributed by atoms with Gasteiger partial charge in [-0.05, 0) is 56.2 Å². The van der Waals surface area contributed by atoms with Gasteiger partial charge < -0.3 is 15.0 Å². The van der Waals surface area contributed by atoms with Crippen molar-refractivity contribution in [3.05, 3.63) is 48.0 Å². The minimum absolute atomic E-state index is 0.238. The summed E-state index contributed by atoms with van der Waals surface area (Å²) in [6, 6.07) is 6.57. The zero-order valence-electron chi connectivity index (χ0n) is 20.6. The summed E-state index contributed by atoms with van der Waals surface area (Å²) in [6.45, 7) is 7.82. The van der Waals surface area contributed by atoms with E-state index in [0.29, 0.717) is 18.5 Å². The first kappa shape index (κ1) is 22.4. The molecule has 1 aliphatic carbocycles. The fourth-order valence-electron chi connectivity index (χ4n) is 5.85. The van der Waals surface area contributed by atoms with Crippen LogP contribution in [-0.2, 0) is 6.54 Å². The van der Waals surface area contributed by atoms with Gasteiger partial charge in [-0.1, -0.05) is 19.9 Å². The first-order valence-electron chi connectivity index (χ1n) is 12.8. The molecular formula is C27H33N7O. The van der Waals surface area contributed by atoms with Gasteiger partial charge in [0.2, 0.25) is 5.95 Å². The SMILES string of the molecule is CC1CCC(n2c3cnccc3c3cnc(Nc4ccc5c(n4)C(C)CN(C(C)O)C5)nc32)CC1. The predicted molar refractivity (Wildman–Crippen MR) is 138 cm³/mol. The zero-order valence-corrected chi connectivity index (χ0v) is 20.6. The molecule has 6 rings (SSSR count). The van der Waals surface area contributed by atoms with Crippen LogP contribution in [-0.4, -0.2) is 47.3 Å². The van der Waals surface area contributed by atoms with Crippen LogP contribution in [0.25, 0.3) is 21.9 Å². The summed E-state index contributed by atoms with van der Waals surface area (Å²) < 4.78 is 2.39. The summed E-state index contributed by atoms with van der Waals surface area (Å²) in [5, 5.41) is 15.6. The van der Waals surface area contributed by atoms with E-state index in [0.717, 1.165) is 64.3 Å². The number of aromatic nitrogens is 5. The van der Waals surface area contributed by atoms with Crippen LogP contribution in [0.2, 0.25) is 0 Å². The van der Waals surface area contributed by atoms with E-state index < -0.39 is 6.23 Å². The monoisotopic (exact) mass is 471 g/mol. The maximum atomic E-state index is 10.0. The smallest absolute Gasteiger partial charge is 0.230 e. The largest absolute Gasteiger partial charge is 0.379 e. The molecule has 0 spiro atoms. The lowest BCUT2D eigenvalue weighted by molar-refractivity contribution is 0.00365. The molecule has 0 saturated heterocycles. The summed E-state index contributed by atoms with van der Waals surface area (Å²) >= 11 is 0. The quantitative estimate of drug-likeness (QED) is 0.426. The number of anilines is 2. The van der Waals surface area contributed by atoms with E-state index in [4.69, 9.17) is 9.97 Å². The molecule has 182 valence electrons. The normalized spacial score (nSPS) is 23.9. The Morgan fingerprint density at radius 1 is 1.03 bits per heavy atom. The van der Waals surface area contributed by atoms with Crippen LogP contribution in [0.1, 0.15) is 69.7 Å². The van der Waals surface area contributed by atoms with Gasteiger partial charge >= 0.3 is 0 Å². The van der Waals surface area contributed by atoms with Gasteiger partial charge in [0.1, 0.15) is 17.7 Å². The van der Waals surface area contributed by atoms with Gasteiger partial charge in [-0.2, -0.15) is 4.98 Å². The molecule has 8 nitrogen and oxygen atoms in total. The van der Waals surface area contributed by atoms with Crippen molar-refractivity contribution in [2.24, 2.45) is 5.92 Å². The molecule has 2 N–H and O–H groups in total. The maximum Gasteiger partial charge on any atom is 0.230 e. The fraction of sp³-hybridized carbons (Fsp3) is 0.481. The van der Waals surface area contributed by atoms with Crippen molar-refractivity contribution in [1.82, 2.24) is 29.4 Å². The third-order valence-electron chi connectivity index (χ3n) is 7.83. The Morgan fingerprint density at radius 2 is 1.86 bits per heavy atom. The van der Waals surface area contributed by atoms with Crippen LogP contribution >= 0.6 is 0 Å². The van der Waals surface area contributed by atoms with Crippen molar-refractivity contribution in [1.29, 1.82) is 0 Å². The van der Waals surface area contributed by atoms with Gasteiger partial charge in [-0.25, -0.2) is 9.97 Å². The Labute approximate surface area is 205 Å². The number of aliphatic hydroxyl groups is 1. The lowest BCUT2D eigenvalue weighted by Crippen LogP contribution is -2.39. The first-order chi connectivity index (χ1) is 17.0. The molecular weight excluding hydrogens is 438 g/mol. The third-order valence-corrected chi connectivity index (χ3v) is 7.83. The van der Waals surface area contributed by atoms with Crippen molar-refractivity contribution < 1.29 is 5.11 Å². The highest BCUT2D eigenvalue weighted by molar-refractivity contribution is 6.06. The lowest BCUT2D eigenvalue weighted by atomic mass is 9.87. The van der Waals surface area contributed by atoms with Crippen LogP contribution in [0.15, 0.2) is 36.8 Å². The molecule has 4 aromatic rings. The van der Waals surface area contributed by atoms with E-state index in [1.54, 1.807) is 0 Å². The van der Waals surface area contributed by atoms with Gasteiger partial charge in [0.05, 0.1) is 17.4 Å². The van der Waals surface area contributed by atoms with Gasteiger partial charge in [-0.15, -0.1) is 0 Å². The molecule has 5 heterocycles. The Morgan fingerprint density at radius 3 is 2.66 bits per heavy atom. The molecule has 1 fully saturated rings. The highest BCUT2D eigenvalue weighted by Gasteiger charge is 2.27. The lowest BCUT2D eigenvalue weighted by Gasteiger charge is -2.34. The van der Waals surface area contributed by atoms with E-state index in [9.17, 15) is 5.11 Å². The van der Waals surface area contributed by atoms with Crippen molar-refractivity contribution in [2.75, 3.05) is 11.9 Å². The van der Waals surface area contributed by atoms with Crippen LogP contribution in [0, 0.1) is 5.92 Å². The van der Waals surface area contributed by atoms with Crippen molar-refractivity contribution in [3.63, 3.8) is 0 Å². The van der Waals surface area contributed by atoms with E-state index in [1.165, 1.54) is 12.8 Å². The summed E-state index contributed by atoms with van der Waals surface area (Å²) in [7, 11) is 0. The molecule has 4 aromatic heterocycles. The topological polar surface area (TPSA) is 92.0 Å². The van der Waals surface area contributed by atoms with E-state index >= 15 is 0 Å². The number of aliphatic hydroxyl groups excluding tert-OH is 1. The minimum atomic E-state index is -0.460. The van der Waals surface area contributed by atoms with E-state index in [1.807, 2.05) is 31.6 Å². The molecule has 2 aliphatic rings. The highest BCUT2D eigenvalue weighted by Crippen LogP contribution is 2.38. The molecule has 2 unspecified atom stereocenters. The fourth-order valence-corrected chi connectivity index (χ4v) is 5.85. The summed E-state index contributed by atoms with van der Waals surface area (Å²) in [4.78, 5) is 21.0. The van der Waals surface area contributed by atoms with E-state index in [-0.39, 0.29) is 5.92 Å². The van der Waals surface area contributed by atoms with Crippen LogP contribution in [0.3, 0.4) is 0 Å². The number of pyridine rings is 2. The van der Waals surface area contributed by atoms with Crippen LogP contribution < -0.4 is 5.32 Å². The highest BCUT2D eigenvalue weighted by atomic mass is 16.3. The summed E-state index contributed by atoms with van der Waals surface area (Å²) in [5.74, 6) is 2.33. The van der Waals surface area contributed by atoms with Crippen LogP contribution in [0.4, 0.5) is 11.8 Å². The molecule has 1 aliphatic heterocycles. The Kier molecular flexibility index (Phi) is 5.65. The molecule has 1 saturated carbocycles. The number of nitrogens with one attached hydrogen (secondary N) is 1. The standard InChI is InChI=1S/C27H33N7O/c1-16-4-7-20(8-5-16)34-23-13-28-11-10-21(23)22-12-29-27(32-26(22)34)31-24-9-6-19-15-33(18(3)35)14-17(2)25(19)30-24/h6,9-13,16-18,20,35H,4-5,7-8,14-15H2,1-3H3,(H,29,30,31,32). The predicted octanol–water partition coefficient (Wildman–Crippen LogP) is 5.13. The van der Waals surface area contributed by atoms with E-state index in [2.05, 4.69) is 50.7 Å². The number of nitrogens with zero attached hydrogens (tertiary/aromatic N) is 6. The molecule has 2 atom stereocenters. The molecule has 0 radical (unpaired) electrons. The van der Waals surface area contributed by atoms with Crippen molar-refractivity contribution in [3.8, 4) is 0 Å². The van der Waals surface area contributed by atoms with Gasteiger partial charge in [0.25, 0.3) is 0 Å². The van der Waals surface area contributed by atoms with Gasteiger partial charge in [-0.3, -0.25) is 9.88 Å².